The van der Waals surface area contributed by atoms with Gasteiger partial charge in [-0.3, -0.25) is 19.5 Å². The summed E-state index contributed by atoms with van der Waals surface area (Å²) in [7, 11) is 1.35. The highest BCUT2D eigenvalue weighted by molar-refractivity contribution is 5.81. The third-order valence-electron chi connectivity index (χ3n) is 4.80. The highest BCUT2D eigenvalue weighted by atomic mass is 16.5. The number of esters is 1. The molecule has 124 valence electrons. The average molecular weight is 317 g/mol. The van der Waals surface area contributed by atoms with Crippen LogP contribution in [-0.2, 0) is 20.9 Å². The second-order valence-electron chi connectivity index (χ2n) is 6.41. The van der Waals surface area contributed by atoms with Crippen molar-refractivity contribution >= 4 is 11.9 Å². The second kappa shape index (κ2) is 7.08. The van der Waals surface area contributed by atoms with Crippen LogP contribution in [-0.4, -0.2) is 59.9 Å². The van der Waals surface area contributed by atoms with Gasteiger partial charge in [0.1, 0.15) is 0 Å². The number of nitrogens with zero attached hydrogens (tertiary/aromatic N) is 3. The van der Waals surface area contributed by atoms with E-state index in [0.717, 1.165) is 38.4 Å². The molecule has 6 heteroatoms. The molecule has 0 N–H and O–H groups in total. The van der Waals surface area contributed by atoms with Crippen molar-refractivity contribution in [3.05, 3.63) is 30.1 Å². The fourth-order valence-electron chi connectivity index (χ4n) is 3.61. The van der Waals surface area contributed by atoms with Crippen LogP contribution in [0, 0.1) is 11.8 Å². The van der Waals surface area contributed by atoms with E-state index in [1.54, 1.807) is 0 Å². The predicted octanol–water partition coefficient (Wildman–Crippen LogP) is 0.925. The fraction of sp³-hybridized carbons (Fsp3) is 0.588. The molecule has 1 aromatic heterocycles. The zero-order valence-electron chi connectivity index (χ0n) is 13.5. The molecule has 1 aromatic rings. The Morgan fingerprint density at radius 1 is 1.17 bits per heavy atom. The number of pyridine rings is 1. The molecule has 3 rings (SSSR count). The summed E-state index contributed by atoms with van der Waals surface area (Å²) in [5.74, 6) is 0.835. The molecule has 2 saturated heterocycles. The zero-order chi connectivity index (χ0) is 16.2. The van der Waals surface area contributed by atoms with Crippen LogP contribution in [0.5, 0.6) is 0 Å². The van der Waals surface area contributed by atoms with E-state index < -0.39 is 0 Å². The lowest BCUT2D eigenvalue weighted by atomic mass is 10.0. The average Bonchev–Trinajstić information content (AvgIpc) is 3.11. The Balaban J connectivity index is 1.46. The van der Waals surface area contributed by atoms with Gasteiger partial charge in [-0.1, -0.05) is 6.07 Å². The molecular formula is C17H23N3O3. The molecule has 0 bridgehead atoms. The lowest BCUT2D eigenvalue weighted by molar-refractivity contribution is -0.143. The summed E-state index contributed by atoms with van der Waals surface area (Å²) < 4.78 is 4.59. The van der Waals surface area contributed by atoms with Gasteiger partial charge < -0.3 is 9.64 Å². The Kier molecular flexibility index (Phi) is 4.91. The lowest BCUT2D eigenvalue weighted by Gasteiger charge is -2.21. The predicted molar refractivity (Wildman–Crippen MR) is 84.3 cm³/mol. The van der Waals surface area contributed by atoms with Crippen molar-refractivity contribution in [3.8, 4) is 0 Å². The Bertz CT molecular complexity index is 549. The summed E-state index contributed by atoms with van der Waals surface area (Å²) >= 11 is 0. The third kappa shape index (κ3) is 3.88. The minimum atomic E-state index is -0.320. The Hall–Kier alpha value is -1.95. The molecular weight excluding hydrogens is 294 g/mol. The van der Waals surface area contributed by atoms with Gasteiger partial charge in [-0.05, 0) is 24.0 Å². The van der Waals surface area contributed by atoms with Gasteiger partial charge in [0, 0.05) is 45.3 Å². The van der Waals surface area contributed by atoms with Crippen molar-refractivity contribution in [2.75, 3.05) is 33.3 Å². The molecule has 6 nitrogen and oxygen atoms in total. The molecule has 0 radical (unpaired) electrons. The van der Waals surface area contributed by atoms with Crippen molar-refractivity contribution in [2.45, 2.75) is 19.4 Å². The number of aromatic nitrogens is 1. The fourth-order valence-corrected chi connectivity index (χ4v) is 3.61. The highest BCUT2D eigenvalue weighted by Crippen LogP contribution is 2.32. The maximum atomic E-state index is 12.2. The molecule has 0 aliphatic carbocycles. The zero-order valence-corrected chi connectivity index (χ0v) is 13.5. The smallest absolute Gasteiger partial charge is 0.306 e. The van der Waals surface area contributed by atoms with Crippen LogP contribution in [0.4, 0.5) is 0 Å². The molecule has 0 aromatic carbocycles. The van der Waals surface area contributed by atoms with Gasteiger partial charge in [0.05, 0.1) is 19.2 Å². The number of ether oxygens (including phenoxy) is 1. The summed E-state index contributed by atoms with van der Waals surface area (Å²) in [6.45, 7) is 4.53. The van der Waals surface area contributed by atoms with Crippen molar-refractivity contribution in [1.29, 1.82) is 0 Å². The molecule has 2 fully saturated rings. The number of hydrogen-bond donors (Lipinski definition) is 0. The number of amides is 1. The maximum Gasteiger partial charge on any atom is 0.306 e. The monoisotopic (exact) mass is 317 g/mol. The number of methoxy groups -OCH3 is 1. The Labute approximate surface area is 136 Å². The molecule has 0 saturated carbocycles. The lowest BCUT2D eigenvalue weighted by Crippen LogP contribution is -2.33. The molecule has 2 aliphatic rings. The van der Waals surface area contributed by atoms with Gasteiger partial charge in [-0.2, -0.15) is 0 Å². The first-order valence-electron chi connectivity index (χ1n) is 8.12. The van der Waals surface area contributed by atoms with Gasteiger partial charge >= 0.3 is 5.97 Å². The second-order valence-corrected chi connectivity index (χ2v) is 6.41. The van der Waals surface area contributed by atoms with E-state index in [1.165, 1.54) is 7.11 Å². The van der Waals surface area contributed by atoms with Gasteiger partial charge in [0.2, 0.25) is 5.91 Å². The molecule has 23 heavy (non-hydrogen) atoms. The van der Waals surface area contributed by atoms with E-state index in [4.69, 9.17) is 0 Å². The number of carbonyl (C=O) groups excluding carboxylic acids is 2. The Morgan fingerprint density at radius 2 is 1.91 bits per heavy atom. The van der Waals surface area contributed by atoms with Crippen LogP contribution in [0.3, 0.4) is 0 Å². The van der Waals surface area contributed by atoms with Gasteiger partial charge in [-0.15, -0.1) is 0 Å². The minimum absolute atomic E-state index is 0.0704. The van der Waals surface area contributed by atoms with Crippen LogP contribution in [0.25, 0.3) is 0 Å². The number of rotatable bonds is 5. The highest BCUT2D eigenvalue weighted by Gasteiger charge is 2.41. The van der Waals surface area contributed by atoms with E-state index >= 15 is 0 Å². The van der Waals surface area contributed by atoms with Crippen LogP contribution in [0.1, 0.15) is 18.5 Å². The van der Waals surface area contributed by atoms with E-state index in [2.05, 4.69) is 20.7 Å². The van der Waals surface area contributed by atoms with E-state index in [-0.39, 0.29) is 24.7 Å². The quantitative estimate of drug-likeness (QED) is 0.756. The van der Waals surface area contributed by atoms with Crippen LogP contribution in [0.2, 0.25) is 0 Å². The molecule has 3 heterocycles. The summed E-state index contributed by atoms with van der Waals surface area (Å²) in [5, 5.41) is 0. The van der Waals surface area contributed by atoms with E-state index in [1.807, 2.05) is 23.2 Å². The Morgan fingerprint density at radius 3 is 2.52 bits per heavy atom. The SMILES string of the molecule is COC(=O)CCC(=O)N1C[C@H]2CN(Cc3ccccn3)C[C@H]2C1. The third-order valence-corrected chi connectivity index (χ3v) is 4.80. The van der Waals surface area contributed by atoms with Crippen molar-refractivity contribution in [3.63, 3.8) is 0 Å². The first-order chi connectivity index (χ1) is 11.2. The number of fused-ring (bicyclic) bond motifs is 1. The summed E-state index contributed by atoms with van der Waals surface area (Å²) in [5.41, 5.74) is 1.10. The topological polar surface area (TPSA) is 62.7 Å². The summed E-state index contributed by atoms with van der Waals surface area (Å²) in [6.07, 6.45) is 2.25. The first-order valence-corrected chi connectivity index (χ1v) is 8.12. The van der Waals surface area contributed by atoms with Crippen molar-refractivity contribution < 1.29 is 14.3 Å². The standard InChI is InChI=1S/C17H23N3O3/c1-23-17(22)6-5-16(21)20-10-13-8-19(9-14(13)11-20)12-15-4-2-3-7-18-15/h2-4,7,13-14H,5-6,8-12H2,1H3/t13-,14+. The number of likely N-dealkylation sites (tertiary alicyclic amines) is 2. The van der Waals surface area contributed by atoms with Crippen molar-refractivity contribution in [1.82, 2.24) is 14.8 Å². The molecule has 2 atom stereocenters. The summed E-state index contributed by atoms with van der Waals surface area (Å²) in [6, 6.07) is 6.00. The van der Waals surface area contributed by atoms with Crippen LogP contribution >= 0.6 is 0 Å². The first kappa shape index (κ1) is 15.9. The number of hydrogen-bond acceptors (Lipinski definition) is 5. The molecule has 0 spiro atoms. The minimum Gasteiger partial charge on any atom is -0.469 e. The normalized spacial score (nSPS) is 23.8. The van der Waals surface area contributed by atoms with Gasteiger partial charge in [-0.25, -0.2) is 0 Å². The molecule has 1 amide bonds. The largest absolute Gasteiger partial charge is 0.469 e. The molecule has 0 unspecified atom stereocenters. The van der Waals surface area contributed by atoms with E-state index in [9.17, 15) is 9.59 Å². The van der Waals surface area contributed by atoms with Crippen molar-refractivity contribution in [2.24, 2.45) is 11.8 Å². The van der Waals surface area contributed by atoms with Crippen LogP contribution < -0.4 is 0 Å². The van der Waals surface area contributed by atoms with Gasteiger partial charge in [0.25, 0.3) is 0 Å². The van der Waals surface area contributed by atoms with Gasteiger partial charge in [0.15, 0.2) is 0 Å². The molecule has 2 aliphatic heterocycles. The maximum absolute atomic E-state index is 12.2. The summed E-state index contributed by atoms with van der Waals surface area (Å²) in [4.78, 5) is 32.0. The number of carbonyl (C=O) groups is 2. The van der Waals surface area contributed by atoms with E-state index in [0.29, 0.717) is 11.8 Å². The van der Waals surface area contributed by atoms with Crippen LogP contribution in [0.15, 0.2) is 24.4 Å².